The van der Waals surface area contributed by atoms with Crippen LogP contribution in [0.15, 0.2) is 28.1 Å². The largest absolute Gasteiger partial charge is 0.471 e. The average Bonchev–Trinajstić information content (AvgIpc) is 3.30. The third kappa shape index (κ3) is 5.75. The predicted octanol–water partition coefficient (Wildman–Crippen LogP) is 2.61. The molecular formula is C25H27ClF3N7O4S. The molecule has 1 fully saturated rings. The van der Waals surface area contributed by atoms with E-state index >= 15 is 0 Å². The number of halogens is 4. The lowest BCUT2D eigenvalue weighted by atomic mass is 9.87. The second kappa shape index (κ2) is 10.5. The minimum absolute atomic E-state index is 0.0218. The molecule has 0 aliphatic carbocycles. The highest BCUT2D eigenvalue weighted by atomic mass is 35.5. The number of nitrogen functional groups attached to an aromatic ring is 1. The molecule has 220 valence electrons. The molecule has 1 saturated heterocycles. The number of amides is 2. The number of nitrogens with one attached hydrogen (secondary N) is 1. The number of rotatable bonds is 3. The van der Waals surface area contributed by atoms with Gasteiger partial charge < -0.3 is 16.0 Å². The smallest absolute Gasteiger partial charge is 0.381 e. The number of nitrogens with two attached hydrogens (primary N) is 1. The summed E-state index contributed by atoms with van der Waals surface area (Å²) < 4.78 is 67.0. The number of carbonyl (C=O) groups excluding carboxylic acids is 2. The molecule has 0 saturated carbocycles. The summed E-state index contributed by atoms with van der Waals surface area (Å²) in [5, 5.41) is 2.67. The fourth-order valence-corrected chi connectivity index (χ4v) is 7.08. The van der Waals surface area contributed by atoms with Gasteiger partial charge in [0, 0.05) is 32.6 Å². The number of sulfonamides is 1. The molecule has 41 heavy (non-hydrogen) atoms. The Hall–Kier alpha value is -3.30. The number of hydrogen-bond acceptors (Lipinski definition) is 8. The van der Waals surface area contributed by atoms with Gasteiger partial charge in [-0.15, -0.1) is 0 Å². The number of anilines is 1. The Balaban J connectivity index is 1.25. The van der Waals surface area contributed by atoms with Crippen LogP contribution in [-0.4, -0.2) is 76.6 Å². The van der Waals surface area contributed by atoms with Gasteiger partial charge in [0.25, 0.3) is 5.91 Å². The number of aliphatic imine (C=N–C) groups is 1. The van der Waals surface area contributed by atoms with E-state index in [4.69, 9.17) is 22.3 Å². The van der Waals surface area contributed by atoms with Gasteiger partial charge in [-0.3, -0.25) is 14.6 Å². The number of aryl methyl sites for hydroxylation is 1. The van der Waals surface area contributed by atoms with E-state index in [1.807, 2.05) is 0 Å². The molecule has 0 radical (unpaired) electrons. The van der Waals surface area contributed by atoms with Crippen LogP contribution in [0.5, 0.6) is 0 Å². The van der Waals surface area contributed by atoms with Crippen molar-refractivity contribution >= 4 is 45.1 Å². The predicted molar refractivity (Wildman–Crippen MR) is 143 cm³/mol. The number of nitrogens with zero attached hydrogens (tertiary/aromatic N) is 5. The van der Waals surface area contributed by atoms with Crippen molar-refractivity contribution in [1.29, 1.82) is 0 Å². The van der Waals surface area contributed by atoms with E-state index in [1.165, 1.54) is 16.4 Å². The normalized spacial score (nSPS) is 19.1. The first-order valence-corrected chi connectivity index (χ1v) is 14.7. The monoisotopic (exact) mass is 613 g/mol. The summed E-state index contributed by atoms with van der Waals surface area (Å²) in [5.41, 5.74) is 6.55. The quantitative estimate of drug-likeness (QED) is 0.540. The molecule has 2 amide bonds. The Kier molecular flexibility index (Phi) is 7.49. The van der Waals surface area contributed by atoms with Crippen LogP contribution in [0.3, 0.4) is 0 Å². The van der Waals surface area contributed by atoms with Crippen LogP contribution in [-0.2, 0) is 27.8 Å². The van der Waals surface area contributed by atoms with E-state index in [9.17, 15) is 31.2 Å². The summed E-state index contributed by atoms with van der Waals surface area (Å²) in [7, 11) is -3.94. The van der Waals surface area contributed by atoms with Crippen LogP contribution < -0.4 is 11.1 Å². The van der Waals surface area contributed by atoms with Gasteiger partial charge in [-0.25, -0.2) is 18.4 Å². The van der Waals surface area contributed by atoms with Gasteiger partial charge in [-0.05, 0) is 55.9 Å². The molecule has 0 bridgehead atoms. The number of carbonyl (C=O) groups is 2. The van der Waals surface area contributed by atoms with Crippen molar-refractivity contribution in [2.75, 3.05) is 25.4 Å². The van der Waals surface area contributed by atoms with Crippen LogP contribution in [0.4, 0.5) is 19.0 Å². The Bertz CT molecular complexity index is 1560. The van der Waals surface area contributed by atoms with Gasteiger partial charge in [-0.1, -0.05) is 17.7 Å². The number of aromatic nitrogens is 2. The van der Waals surface area contributed by atoms with Crippen molar-refractivity contribution in [2.24, 2.45) is 4.99 Å². The van der Waals surface area contributed by atoms with Crippen molar-refractivity contribution in [3.63, 3.8) is 0 Å². The summed E-state index contributed by atoms with van der Waals surface area (Å²) in [6, 6.07) is 4.41. The number of piperidine rings is 1. The van der Waals surface area contributed by atoms with Gasteiger partial charge in [0.15, 0.2) is 16.7 Å². The number of alkyl halides is 3. The van der Waals surface area contributed by atoms with Crippen LogP contribution in [0.25, 0.3) is 0 Å². The van der Waals surface area contributed by atoms with Gasteiger partial charge in [0.2, 0.25) is 10.0 Å². The van der Waals surface area contributed by atoms with E-state index in [0.29, 0.717) is 53.2 Å². The van der Waals surface area contributed by atoms with E-state index in [1.54, 1.807) is 13.0 Å². The zero-order valence-electron chi connectivity index (χ0n) is 22.0. The minimum Gasteiger partial charge on any atom is -0.381 e. The summed E-state index contributed by atoms with van der Waals surface area (Å²) in [6.07, 6.45) is -2.81. The molecule has 4 heterocycles. The SMILES string of the molecule is Cc1nc(N)c(Cl)nc1C(=O)NC1=NC2(CC1)CCN(S(=O)(=O)c1ccc3c(c1)CN(C(=O)C(F)(F)F)CC3)CC2. The van der Waals surface area contributed by atoms with E-state index in [0.717, 1.165) is 0 Å². The lowest BCUT2D eigenvalue weighted by Crippen LogP contribution is -2.45. The van der Waals surface area contributed by atoms with Gasteiger partial charge >= 0.3 is 12.1 Å². The maximum Gasteiger partial charge on any atom is 0.471 e. The van der Waals surface area contributed by atoms with Crippen molar-refractivity contribution in [3.8, 4) is 0 Å². The van der Waals surface area contributed by atoms with E-state index < -0.39 is 33.6 Å². The van der Waals surface area contributed by atoms with E-state index in [-0.39, 0.29) is 54.2 Å². The highest BCUT2D eigenvalue weighted by Crippen LogP contribution is 2.37. The first kappa shape index (κ1) is 29.2. The highest BCUT2D eigenvalue weighted by molar-refractivity contribution is 7.89. The van der Waals surface area contributed by atoms with Crippen LogP contribution >= 0.6 is 11.6 Å². The first-order valence-electron chi connectivity index (χ1n) is 12.9. The number of amidine groups is 1. The first-order chi connectivity index (χ1) is 19.2. The molecule has 3 aliphatic heterocycles. The maximum absolute atomic E-state index is 13.4. The summed E-state index contributed by atoms with van der Waals surface area (Å²) in [4.78, 5) is 37.9. The molecule has 1 spiro atoms. The van der Waals surface area contributed by atoms with Crippen molar-refractivity contribution in [2.45, 2.75) is 62.2 Å². The van der Waals surface area contributed by atoms with Gasteiger partial charge in [0.1, 0.15) is 5.84 Å². The second-order valence-corrected chi connectivity index (χ2v) is 12.7. The molecule has 3 aliphatic rings. The Morgan fingerprint density at radius 3 is 2.46 bits per heavy atom. The molecule has 1 aromatic carbocycles. The molecule has 5 rings (SSSR count). The van der Waals surface area contributed by atoms with Crippen LogP contribution in [0.1, 0.15) is 53.0 Å². The molecule has 16 heteroatoms. The zero-order valence-corrected chi connectivity index (χ0v) is 23.5. The molecule has 11 nitrogen and oxygen atoms in total. The summed E-state index contributed by atoms with van der Waals surface area (Å²) in [6.45, 7) is 1.55. The summed E-state index contributed by atoms with van der Waals surface area (Å²) >= 11 is 5.91. The Morgan fingerprint density at radius 1 is 1.07 bits per heavy atom. The van der Waals surface area contributed by atoms with Crippen molar-refractivity contribution < 1.29 is 31.2 Å². The Labute approximate surface area is 239 Å². The zero-order chi connectivity index (χ0) is 29.7. The standard InChI is InChI=1S/C25H27ClF3N7O4S/c1-14-19(33-20(26)21(30)31-14)22(37)32-18-4-6-24(34-18)7-10-36(11-8-24)41(39,40)17-3-2-15-5-9-35(13-16(15)12-17)23(38)25(27,28)29/h2-3,12H,4-11,13H2,1H3,(H2,30,31)(H,32,34,37). The fraction of sp³-hybridized carbons (Fsp3) is 0.480. The molecule has 0 atom stereocenters. The third-order valence-corrected chi connectivity index (χ3v) is 9.91. The van der Waals surface area contributed by atoms with Crippen LogP contribution in [0, 0.1) is 6.92 Å². The lowest BCUT2D eigenvalue weighted by Gasteiger charge is -2.36. The number of benzene rings is 1. The van der Waals surface area contributed by atoms with E-state index in [2.05, 4.69) is 15.3 Å². The third-order valence-electron chi connectivity index (χ3n) is 7.73. The fourth-order valence-electron chi connectivity index (χ4n) is 5.46. The highest BCUT2D eigenvalue weighted by Gasteiger charge is 2.44. The topological polar surface area (TPSA) is 151 Å². The number of hydrogen-bond donors (Lipinski definition) is 2. The van der Waals surface area contributed by atoms with Crippen molar-refractivity contribution in [1.82, 2.24) is 24.5 Å². The molecular weight excluding hydrogens is 587 g/mol. The van der Waals surface area contributed by atoms with Gasteiger partial charge in [0.05, 0.1) is 16.1 Å². The minimum atomic E-state index is -4.99. The summed E-state index contributed by atoms with van der Waals surface area (Å²) in [5.74, 6) is -1.97. The molecule has 3 N–H and O–H groups in total. The molecule has 0 unspecified atom stereocenters. The second-order valence-electron chi connectivity index (χ2n) is 10.4. The molecule has 2 aromatic rings. The lowest BCUT2D eigenvalue weighted by molar-refractivity contribution is -0.186. The van der Waals surface area contributed by atoms with Crippen LogP contribution in [0.2, 0.25) is 5.15 Å². The molecule has 1 aromatic heterocycles. The average molecular weight is 614 g/mol. The van der Waals surface area contributed by atoms with Gasteiger partial charge in [-0.2, -0.15) is 17.5 Å². The maximum atomic E-state index is 13.4. The van der Waals surface area contributed by atoms with Crippen molar-refractivity contribution in [3.05, 3.63) is 45.9 Å². The Morgan fingerprint density at radius 2 is 1.78 bits per heavy atom. The number of fused-ring (bicyclic) bond motifs is 1.